The molecular formula is C10H10ClNO2. The van der Waals surface area contributed by atoms with Gasteiger partial charge in [0.05, 0.1) is 10.6 Å². The predicted octanol–water partition coefficient (Wildman–Crippen LogP) is 2.01. The van der Waals surface area contributed by atoms with Crippen molar-refractivity contribution in [1.29, 1.82) is 0 Å². The van der Waals surface area contributed by atoms with E-state index >= 15 is 0 Å². The molecule has 4 heteroatoms. The molecule has 3 N–H and O–H groups in total. The van der Waals surface area contributed by atoms with Crippen molar-refractivity contribution in [2.24, 2.45) is 5.73 Å². The maximum atomic E-state index is 10.7. The second-order valence-electron chi connectivity index (χ2n) is 2.65. The molecule has 0 aliphatic carbocycles. The minimum atomic E-state index is -1.03. The second kappa shape index (κ2) is 4.79. The monoisotopic (exact) mass is 211 g/mol. The Hall–Kier alpha value is -1.32. The fourth-order valence-electron chi connectivity index (χ4n) is 1.04. The molecular weight excluding hydrogens is 202 g/mol. The summed E-state index contributed by atoms with van der Waals surface area (Å²) in [5.41, 5.74) is 6.04. The number of rotatable bonds is 3. The summed E-state index contributed by atoms with van der Waals surface area (Å²) in [6.45, 7) is 0.396. The zero-order valence-electron chi connectivity index (χ0n) is 7.40. The first-order valence-electron chi connectivity index (χ1n) is 4.05. The van der Waals surface area contributed by atoms with E-state index in [4.69, 9.17) is 22.4 Å². The highest BCUT2D eigenvalue weighted by Gasteiger charge is 2.09. The van der Waals surface area contributed by atoms with Gasteiger partial charge in [0.1, 0.15) is 0 Å². The largest absolute Gasteiger partial charge is 0.478 e. The zero-order chi connectivity index (χ0) is 10.6. The number of nitrogens with two attached hydrogens (primary N) is 1. The van der Waals surface area contributed by atoms with E-state index in [9.17, 15) is 4.79 Å². The van der Waals surface area contributed by atoms with Gasteiger partial charge in [-0.2, -0.15) is 0 Å². The smallest absolute Gasteiger partial charge is 0.337 e. The third-order valence-corrected chi connectivity index (χ3v) is 2.11. The number of halogens is 1. The van der Waals surface area contributed by atoms with Crippen molar-refractivity contribution in [3.63, 3.8) is 0 Å². The highest BCUT2D eigenvalue weighted by molar-refractivity contribution is 6.34. The summed E-state index contributed by atoms with van der Waals surface area (Å²) in [5.74, 6) is -1.03. The van der Waals surface area contributed by atoms with E-state index in [1.54, 1.807) is 24.3 Å². The Kier molecular flexibility index (Phi) is 3.68. The molecule has 0 bridgehead atoms. The lowest BCUT2D eigenvalue weighted by Crippen LogP contribution is -1.98. The average Bonchev–Trinajstić information content (AvgIpc) is 2.16. The number of hydrogen-bond acceptors (Lipinski definition) is 2. The van der Waals surface area contributed by atoms with Crippen LogP contribution in [0.25, 0.3) is 6.08 Å². The van der Waals surface area contributed by atoms with Crippen LogP contribution in [0.3, 0.4) is 0 Å². The lowest BCUT2D eigenvalue weighted by molar-refractivity contribution is 0.0697. The molecule has 3 nitrogen and oxygen atoms in total. The van der Waals surface area contributed by atoms with Crippen molar-refractivity contribution in [1.82, 2.24) is 0 Å². The Morgan fingerprint density at radius 2 is 2.29 bits per heavy atom. The first-order chi connectivity index (χ1) is 6.66. The van der Waals surface area contributed by atoms with E-state index in [1.807, 2.05) is 0 Å². The molecule has 0 aromatic heterocycles. The van der Waals surface area contributed by atoms with Crippen LogP contribution in [0.4, 0.5) is 0 Å². The van der Waals surface area contributed by atoms with Crippen LogP contribution in [-0.2, 0) is 0 Å². The van der Waals surface area contributed by atoms with Crippen LogP contribution in [-0.4, -0.2) is 17.6 Å². The average molecular weight is 212 g/mol. The summed E-state index contributed by atoms with van der Waals surface area (Å²) in [7, 11) is 0. The highest BCUT2D eigenvalue weighted by atomic mass is 35.5. The lowest BCUT2D eigenvalue weighted by atomic mass is 10.1. The molecule has 0 amide bonds. The van der Waals surface area contributed by atoms with Crippen LogP contribution >= 0.6 is 11.6 Å². The quantitative estimate of drug-likeness (QED) is 0.804. The van der Waals surface area contributed by atoms with E-state index in [-0.39, 0.29) is 10.6 Å². The van der Waals surface area contributed by atoms with Gasteiger partial charge in [0.15, 0.2) is 0 Å². The number of carboxylic acids is 1. The Labute approximate surface area is 86.8 Å². The third-order valence-electron chi connectivity index (χ3n) is 1.69. The maximum absolute atomic E-state index is 10.7. The summed E-state index contributed by atoms with van der Waals surface area (Å²) in [5, 5.41) is 9.02. The summed E-state index contributed by atoms with van der Waals surface area (Å²) in [4.78, 5) is 10.7. The van der Waals surface area contributed by atoms with Gasteiger partial charge in [0.25, 0.3) is 0 Å². The molecule has 1 aromatic rings. The summed E-state index contributed by atoms with van der Waals surface area (Å²) < 4.78 is 0. The van der Waals surface area contributed by atoms with Crippen LogP contribution in [0.1, 0.15) is 15.9 Å². The van der Waals surface area contributed by atoms with Gasteiger partial charge >= 0.3 is 5.97 Å². The van der Waals surface area contributed by atoms with Crippen molar-refractivity contribution < 1.29 is 9.90 Å². The molecule has 0 aliphatic rings. The van der Waals surface area contributed by atoms with Crippen molar-refractivity contribution in [2.75, 3.05) is 6.54 Å². The lowest BCUT2D eigenvalue weighted by Gasteiger charge is -2.01. The van der Waals surface area contributed by atoms with Crippen molar-refractivity contribution in [3.8, 4) is 0 Å². The molecule has 14 heavy (non-hydrogen) atoms. The minimum Gasteiger partial charge on any atom is -0.478 e. The Bertz CT molecular complexity index is 374. The summed E-state index contributed by atoms with van der Waals surface area (Å²) >= 11 is 5.87. The van der Waals surface area contributed by atoms with Crippen LogP contribution in [0.5, 0.6) is 0 Å². The van der Waals surface area contributed by atoms with Gasteiger partial charge in [-0.1, -0.05) is 35.9 Å². The summed E-state index contributed by atoms with van der Waals surface area (Å²) in [6, 6.07) is 4.84. The molecule has 0 unspecified atom stereocenters. The Morgan fingerprint density at radius 3 is 2.86 bits per heavy atom. The van der Waals surface area contributed by atoms with E-state index < -0.39 is 5.97 Å². The van der Waals surface area contributed by atoms with Gasteiger partial charge in [-0.25, -0.2) is 4.79 Å². The van der Waals surface area contributed by atoms with Crippen LogP contribution in [0.15, 0.2) is 24.3 Å². The number of hydrogen-bond donors (Lipinski definition) is 2. The number of carboxylic acid groups (broad SMARTS) is 1. The molecule has 0 saturated heterocycles. The van der Waals surface area contributed by atoms with Gasteiger partial charge in [0.2, 0.25) is 0 Å². The number of benzene rings is 1. The molecule has 1 rings (SSSR count). The molecule has 0 spiro atoms. The van der Waals surface area contributed by atoms with Crippen molar-refractivity contribution >= 4 is 23.6 Å². The fourth-order valence-corrected chi connectivity index (χ4v) is 1.31. The molecule has 0 aliphatic heterocycles. The topological polar surface area (TPSA) is 63.3 Å². The maximum Gasteiger partial charge on any atom is 0.337 e. The van der Waals surface area contributed by atoms with Gasteiger partial charge in [-0.15, -0.1) is 0 Å². The number of aromatic carboxylic acids is 1. The minimum absolute atomic E-state index is 0.103. The molecule has 0 fully saturated rings. The molecule has 0 saturated carbocycles. The Morgan fingerprint density at radius 1 is 1.57 bits per heavy atom. The van der Waals surface area contributed by atoms with Crippen LogP contribution in [0, 0.1) is 0 Å². The predicted molar refractivity (Wildman–Crippen MR) is 56.5 cm³/mol. The normalized spacial score (nSPS) is 10.7. The van der Waals surface area contributed by atoms with Gasteiger partial charge in [-0.3, -0.25) is 0 Å². The molecule has 0 heterocycles. The van der Waals surface area contributed by atoms with Gasteiger partial charge in [-0.05, 0) is 11.6 Å². The standard InChI is InChI=1S/C10H10ClNO2/c11-9-7(4-2-6-12)3-1-5-8(9)10(13)14/h1-5H,6,12H2,(H,13,14). The third kappa shape index (κ3) is 2.34. The van der Waals surface area contributed by atoms with E-state index in [2.05, 4.69) is 0 Å². The van der Waals surface area contributed by atoms with Crippen molar-refractivity contribution in [2.45, 2.75) is 0 Å². The second-order valence-corrected chi connectivity index (χ2v) is 3.03. The molecule has 0 radical (unpaired) electrons. The van der Waals surface area contributed by atoms with Crippen LogP contribution < -0.4 is 5.73 Å². The molecule has 74 valence electrons. The Balaban J connectivity index is 3.14. The van der Waals surface area contributed by atoms with Crippen molar-refractivity contribution in [3.05, 3.63) is 40.4 Å². The van der Waals surface area contributed by atoms with Gasteiger partial charge < -0.3 is 10.8 Å². The summed E-state index contributed by atoms with van der Waals surface area (Å²) in [6.07, 6.45) is 3.42. The first-order valence-corrected chi connectivity index (χ1v) is 4.43. The number of carbonyl (C=O) groups is 1. The van der Waals surface area contributed by atoms with E-state index in [0.29, 0.717) is 12.1 Å². The van der Waals surface area contributed by atoms with Gasteiger partial charge in [0, 0.05) is 6.54 Å². The fraction of sp³-hybridized carbons (Fsp3) is 0.100. The molecule has 0 atom stereocenters. The highest BCUT2D eigenvalue weighted by Crippen LogP contribution is 2.22. The SMILES string of the molecule is NCC=Cc1cccc(C(=O)O)c1Cl. The van der Waals surface area contributed by atoms with Crippen LogP contribution in [0.2, 0.25) is 5.02 Å². The van der Waals surface area contributed by atoms with E-state index in [1.165, 1.54) is 6.07 Å². The first kappa shape index (κ1) is 10.8. The zero-order valence-corrected chi connectivity index (χ0v) is 8.16. The molecule has 1 aromatic carbocycles. The van der Waals surface area contributed by atoms with E-state index in [0.717, 1.165) is 0 Å².